The van der Waals surface area contributed by atoms with E-state index in [9.17, 15) is 9.59 Å². The number of ether oxygens (including phenoxy) is 4. The van der Waals surface area contributed by atoms with Gasteiger partial charge < -0.3 is 18.9 Å². The molecule has 1 amide bonds. The fraction of sp³-hybridized carbons (Fsp3) is 0.619. The predicted molar refractivity (Wildman–Crippen MR) is 103 cm³/mol. The molecule has 2 heterocycles. The molecule has 2 fully saturated rings. The van der Waals surface area contributed by atoms with Gasteiger partial charge in [-0.15, -0.1) is 0 Å². The molecular weight excluding hydrogens is 362 g/mol. The van der Waals surface area contributed by atoms with Gasteiger partial charge in [-0.05, 0) is 51.8 Å². The molecule has 28 heavy (non-hydrogen) atoms. The van der Waals surface area contributed by atoms with Crippen LogP contribution in [-0.2, 0) is 9.47 Å². The largest absolute Gasteiger partial charge is 0.497 e. The number of methoxy groups -OCH3 is 2. The van der Waals surface area contributed by atoms with E-state index in [0.29, 0.717) is 43.1 Å². The number of hydrogen-bond acceptors (Lipinski definition) is 6. The first kappa shape index (κ1) is 20.5. The Morgan fingerprint density at radius 1 is 1.07 bits per heavy atom. The van der Waals surface area contributed by atoms with Crippen molar-refractivity contribution in [2.75, 3.05) is 27.4 Å². The molecule has 7 heteroatoms. The minimum Gasteiger partial charge on any atom is -0.497 e. The topological polar surface area (TPSA) is 74.3 Å². The molecule has 2 aliphatic heterocycles. The summed E-state index contributed by atoms with van der Waals surface area (Å²) in [7, 11) is 3.11. The Balaban J connectivity index is 1.80. The summed E-state index contributed by atoms with van der Waals surface area (Å²) in [5.41, 5.74) is -0.0519. The normalized spacial score (nSPS) is 24.5. The number of piperidine rings is 1. The van der Waals surface area contributed by atoms with Crippen molar-refractivity contribution < 1.29 is 28.5 Å². The average Bonchev–Trinajstić information content (AvgIpc) is 2.64. The van der Waals surface area contributed by atoms with Crippen LogP contribution in [0, 0.1) is 5.92 Å². The number of Topliss-reactive ketones (excluding diaryl/α,β-unsaturated/α-hetero) is 1. The quantitative estimate of drug-likeness (QED) is 0.733. The number of carbonyl (C=O) groups is 2. The molecule has 0 aliphatic carbocycles. The van der Waals surface area contributed by atoms with Crippen LogP contribution in [0.2, 0.25) is 0 Å². The molecule has 2 atom stereocenters. The van der Waals surface area contributed by atoms with Crippen molar-refractivity contribution in [3.63, 3.8) is 0 Å². The fourth-order valence-electron chi connectivity index (χ4n) is 3.97. The lowest BCUT2D eigenvalue weighted by Crippen LogP contribution is -2.60. The van der Waals surface area contributed by atoms with Crippen molar-refractivity contribution in [2.45, 2.75) is 51.3 Å². The number of carbonyl (C=O) groups excluding carboxylic acids is 2. The monoisotopic (exact) mass is 391 g/mol. The Labute approximate surface area is 165 Å². The maximum atomic E-state index is 13.3. The van der Waals surface area contributed by atoms with Crippen LogP contribution in [0.1, 0.15) is 44.0 Å². The summed E-state index contributed by atoms with van der Waals surface area (Å²) in [5, 5.41) is 0. The Morgan fingerprint density at radius 3 is 2.25 bits per heavy atom. The number of amides is 1. The van der Waals surface area contributed by atoms with Gasteiger partial charge in [0.2, 0.25) is 0 Å². The van der Waals surface area contributed by atoms with Crippen LogP contribution in [0.4, 0.5) is 4.79 Å². The molecule has 2 unspecified atom stereocenters. The van der Waals surface area contributed by atoms with Crippen molar-refractivity contribution in [2.24, 2.45) is 5.92 Å². The lowest BCUT2D eigenvalue weighted by molar-refractivity contribution is -0.0861. The average molecular weight is 391 g/mol. The number of morpholine rings is 1. The smallest absolute Gasteiger partial charge is 0.410 e. The van der Waals surface area contributed by atoms with Gasteiger partial charge in [-0.1, -0.05) is 0 Å². The number of hydrogen-bond donors (Lipinski definition) is 0. The molecule has 0 aromatic heterocycles. The molecule has 2 saturated heterocycles. The predicted octanol–water partition coefficient (Wildman–Crippen LogP) is 3.30. The summed E-state index contributed by atoms with van der Waals surface area (Å²) in [6, 6.07) is 4.88. The van der Waals surface area contributed by atoms with E-state index in [0.717, 1.165) is 0 Å². The van der Waals surface area contributed by atoms with Gasteiger partial charge in [-0.25, -0.2) is 4.79 Å². The highest BCUT2D eigenvalue weighted by Gasteiger charge is 2.45. The SMILES string of the molecule is COc1ccc(OC)c(C(=O)C2CC3COCC(C2)N3C(=O)OC(C)(C)C)c1. The maximum absolute atomic E-state index is 13.3. The minimum atomic E-state index is -0.563. The third-order valence-corrected chi connectivity index (χ3v) is 5.17. The Kier molecular flexibility index (Phi) is 5.84. The summed E-state index contributed by atoms with van der Waals surface area (Å²) < 4.78 is 21.9. The Morgan fingerprint density at radius 2 is 1.71 bits per heavy atom. The Hall–Kier alpha value is -2.28. The van der Waals surface area contributed by atoms with E-state index in [4.69, 9.17) is 18.9 Å². The zero-order valence-electron chi connectivity index (χ0n) is 17.2. The highest BCUT2D eigenvalue weighted by molar-refractivity contribution is 6.01. The fourth-order valence-corrected chi connectivity index (χ4v) is 3.97. The van der Waals surface area contributed by atoms with E-state index in [1.165, 1.54) is 0 Å². The zero-order valence-corrected chi connectivity index (χ0v) is 17.2. The second-order valence-corrected chi connectivity index (χ2v) is 8.33. The first-order valence-electron chi connectivity index (χ1n) is 9.58. The molecule has 1 aromatic rings. The van der Waals surface area contributed by atoms with Crippen molar-refractivity contribution in [3.05, 3.63) is 23.8 Å². The first-order valence-corrected chi connectivity index (χ1v) is 9.58. The molecule has 0 N–H and O–H groups in total. The van der Waals surface area contributed by atoms with Crippen molar-refractivity contribution in [3.8, 4) is 11.5 Å². The number of nitrogens with zero attached hydrogens (tertiary/aromatic N) is 1. The van der Waals surface area contributed by atoms with Crippen molar-refractivity contribution in [1.82, 2.24) is 4.90 Å². The molecule has 0 radical (unpaired) electrons. The van der Waals surface area contributed by atoms with Gasteiger partial charge in [-0.3, -0.25) is 9.69 Å². The number of fused-ring (bicyclic) bond motifs is 2. The van der Waals surface area contributed by atoms with Gasteiger partial charge in [0.05, 0.1) is 45.1 Å². The van der Waals surface area contributed by atoms with Gasteiger partial charge >= 0.3 is 6.09 Å². The lowest BCUT2D eigenvalue weighted by Gasteiger charge is -2.47. The van der Waals surface area contributed by atoms with E-state index in [1.807, 2.05) is 20.8 Å². The number of benzene rings is 1. The van der Waals surface area contributed by atoms with Gasteiger partial charge in [0.1, 0.15) is 17.1 Å². The van der Waals surface area contributed by atoms with E-state index in [2.05, 4.69) is 0 Å². The highest BCUT2D eigenvalue weighted by atomic mass is 16.6. The van der Waals surface area contributed by atoms with Crippen LogP contribution >= 0.6 is 0 Å². The third-order valence-electron chi connectivity index (χ3n) is 5.17. The second kappa shape index (κ2) is 7.99. The molecule has 7 nitrogen and oxygen atoms in total. The lowest BCUT2D eigenvalue weighted by atomic mass is 9.80. The van der Waals surface area contributed by atoms with Gasteiger partial charge in [0.25, 0.3) is 0 Å². The van der Waals surface area contributed by atoms with Crippen LogP contribution in [0.15, 0.2) is 18.2 Å². The highest BCUT2D eigenvalue weighted by Crippen LogP contribution is 2.36. The van der Waals surface area contributed by atoms with E-state index in [1.54, 1.807) is 37.3 Å². The summed E-state index contributed by atoms with van der Waals surface area (Å²) >= 11 is 0. The summed E-state index contributed by atoms with van der Waals surface area (Å²) in [5.74, 6) is 0.940. The van der Waals surface area contributed by atoms with E-state index < -0.39 is 5.60 Å². The minimum absolute atomic E-state index is 0.0106. The van der Waals surface area contributed by atoms with E-state index >= 15 is 0 Å². The van der Waals surface area contributed by atoms with Crippen LogP contribution < -0.4 is 9.47 Å². The molecule has 2 aliphatic rings. The third kappa shape index (κ3) is 4.24. The van der Waals surface area contributed by atoms with Crippen molar-refractivity contribution in [1.29, 1.82) is 0 Å². The van der Waals surface area contributed by atoms with Gasteiger partial charge in [0, 0.05) is 5.92 Å². The first-order chi connectivity index (χ1) is 13.2. The van der Waals surface area contributed by atoms with Crippen LogP contribution in [-0.4, -0.2) is 61.9 Å². The molecule has 154 valence electrons. The second-order valence-electron chi connectivity index (χ2n) is 8.33. The van der Waals surface area contributed by atoms with Crippen LogP contribution in [0.3, 0.4) is 0 Å². The summed E-state index contributed by atoms with van der Waals surface area (Å²) in [6.45, 7) is 6.37. The molecule has 0 spiro atoms. The molecular formula is C21H29NO6. The van der Waals surface area contributed by atoms with E-state index in [-0.39, 0.29) is 29.9 Å². The summed E-state index contributed by atoms with van der Waals surface area (Å²) in [4.78, 5) is 27.7. The molecule has 2 bridgehead atoms. The van der Waals surface area contributed by atoms with Crippen molar-refractivity contribution >= 4 is 11.9 Å². The van der Waals surface area contributed by atoms with Gasteiger partial charge in [-0.2, -0.15) is 0 Å². The molecule has 3 rings (SSSR count). The van der Waals surface area contributed by atoms with Crippen LogP contribution in [0.25, 0.3) is 0 Å². The summed E-state index contributed by atoms with van der Waals surface area (Å²) in [6.07, 6.45) is 0.736. The number of rotatable bonds is 4. The maximum Gasteiger partial charge on any atom is 0.410 e. The van der Waals surface area contributed by atoms with Gasteiger partial charge in [0.15, 0.2) is 5.78 Å². The number of ketones is 1. The zero-order chi connectivity index (χ0) is 20.5. The standard InChI is InChI=1S/C21H29NO6/c1-21(2,3)28-20(24)22-14-8-13(9-15(22)12-27-11-14)19(23)17-10-16(25-4)6-7-18(17)26-5/h6-7,10,13-15H,8-9,11-12H2,1-5H3. The molecule has 0 saturated carbocycles. The molecule has 1 aromatic carbocycles. The van der Waals surface area contributed by atoms with Crippen LogP contribution in [0.5, 0.6) is 11.5 Å². The Bertz CT molecular complexity index is 727.